The van der Waals surface area contributed by atoms with Crippen LogP contribution in [0.3, 0.4) is 0 Å². The van der Waals surface area contributed by atoms with Gasteiger partial charge in [-0.1, -0.05) is 22.0 Å². The van der Waals surface area contributed by atoms with Crippen molar-refractivity contribution < 1.29 is 9.59 Å². The third-order valence-corrected chi connectivity index (χ3v) is 6.15. The molecule has 1 aliphatic heterocycles. The molecule has 1 saturated heterocycles. The number of aromatic nitrogens is 1. The van der Waals surface area contributed by atoms with Crippen LogP contribution in [-0.4, -0.2) is 71.8 Å². The van der Waals surface area contributed by atoms with Gasteiger partial charge in [0, 0.05) is 50.3 Å². The monoisotopic (exact) mass is 450 g/mol. The molecule has 0 bridgehead atoms. The minimum absolute atomic E-state index is 0.000637. The van der Waals surface area contributed by atoms with E-state index in [-0.39, 0.29) is 11.8 Å². The first-order valence-electron chi connectivity index (χ1n) is 8.80. The molecule has 2 aromatic rings. The van der Waals surface area contributed by atoms with E-state index < -0.39 is 0 Å². The molecule has 2 amide bonds. The number of piperazine rings is 1. The van der Waals surface area contributed by atoms with Crippen molar-refractivity contribution >= 4 is 39.1 Å². The van der Waals surface area contributed by atoms with E-state index in [2.05, 4.69) is 25.8 Å². The number of carbonyl (C=O) groups excluding carboxylic acids is 2. The summed E-state index contributed by atoms with van der Waals surface area (Å²) in [5.74, 6) is 0.0700. The maximum Gasteiger partial charge on any atom is 0.265 e. The molecule has 0 radical (unpaired) electrons. The Kier molecular flexibility index (Phi) is 6.29. The fraction of sp³-hybridized carbons (Fsp3) is 0.421. The molecule has 0 spiro atoms. The summed E-state index contributed by atoms with van der Waals surface area (Å²) in [5.41, 5.74) is 1.50. The van der Waals surface area contributed by atoms with Gasteiger partial charge in [0.05, 0.1) is 12.2 Å². The summed E-state index contributed by atoms with van der Waals surface area (Å²) in [5, 5.41) is 0.949. The fourth-order valence-corrected chi connectivity index (χ4v) is 4.55. The van der Waals surface area contributed by atoms with E-state index in [1.165, 1.54) is 11.3 Å². The molecule has 1 aromatic heterocycles. The second-order valence-electron chi connectivity index (χ2n) is 6.80. The standard InChI is InChI=1S/C19H23BrN4O2S/c1-13-17(19(26)22(2)3)27-16(21-13)12-23-7-9-24(10-8-23)18(25)14-5-4-6-15(20)11-14/h4-6,11H,7-10,12H2,1-3H3. The van der Waals surface area contributed by atoms with Crippen molar-refractivity contribution in [2.75, 3.05) is 40.3 Å². The predicted octanol–water partition coefficient (Wildman–Crippen LogP) is 2.87. The Hall–Kier alpha value is -1.77. The number of aryl methyl sites for hydroxylation is 1. The van der Waals surface area contributed by atoms with Gasteiger partial charge < -0.3 is 9.80 Å². The molecular formula is C19H23BrN4O2S. The highest BCUT2D eigenvalue weighted by Gasteiger charge is 2.24. The fourth-order valence-electron chi connectivity index (χ4n) is 3.03. The minimum atomic E-state index is 0.000637. The van der Waals surface area contributed by atoms with Crippen LogP contribution in [0.5, 0.6) is 0 Å². The molecule has 0 atom stereocenters. The van der Waals surface area contributed by atoms with Crippen LogP contribution < -0.4 is 0 Å². The van der Waals surface area contributed by atoms with Gasteiger partial charge in [0.15, 0.2) is 0 Å². The van der Waals surface area contributed by atoms with Crippen molar-refractivity contribution in [3.63, 3.8) is 0 Å². The number of thiazole rings is 1. The van der Waals surface area contributed by atoms with E-state index in [0.717, 1.165) is 28.3 Å². The lowest BCUT2D eigenvalue weighted by Gasteiger charge is -2.34. The maximum atomic E-state index is 12.6. The summed E-state index contributed by atoms with van der Waals surface area (Å²) in [7, 11) is 3.51. The summed E-state index contributed by atoms with van der Waals surface area (Å²) in [6, 6.07) is 7.50. The number of amides is 2. The van der Waals surface area contributed by atoms with Gasteiger partial charge in [-0.15, -0.1) is 11.3 Å². The first kappa shape index (κ1) is 20.0. The number of benzene rings is 1. The smallest absolute Gasteiger partial charge is 0.265 e. The Morgan fingerprint density at radius 2 is 1.93 bits per heavy atom. The Morgan fingerprint density at radius 1 is 1.22 bits per heavy atom. The molecule has 0 saturated carbocycles. The third-order valence-electron chi connectivity index (χ3n) is 4.53. The number of halogens is 1. The number of rotatable bonds is 4. The zero-order valence-electron chi connectivity index (χ0n) is 15.7. The van der Waals surface area contributed by atoms with Gasteiger partial charge in [0.25, 0.3) is 11.8 Å². The Balaban J connectivity index is 1.58. The molecule has 2 heterocycles. The average molecular weight is 451 g/mol. The highest BCUT2D eigenvalue weighted by Crippen LogP contribution is 2.22. The first-order valence-corrected chi connectivity index (χ1v) is 10.4. The van der Waals surface area contributed by atoms with Crippen LogP contribution in [0, 0.1) is 6.92 Å². The van der Waals surface area contributed by atoms with E-state index in [9.17, 15) is 9.59 Å². The number of hydrogen-bond donors (Lipinski definition) is 0. The summed E-state index contributed by atoms with van der Waals surface area (Å²) in [6.45, 7) is 5.58. The van der Waals surface area contributed by atoms with Crippen LogP contribution in [0.15, 0.2) is 28.7 Å². The Morgan fingerprint density at radius 3 is 2.56 bits per heavy atom. The van der Waals surface area contributed by atoms with Crippen LogP contribution in [-0.2, 0) is 6.54 Å². The summed E-state index contributed by atoms with van der Waals surface area (Å²) in [6.07, 6.45) is 0. The zero-order chi connectivity index (χ0) is 19.6. The summed E-state index contributed by atoms with van der Waals surface area (Å²) in [4.78, 5) is 35.9. The molecule has 27 heavy (non-hydrogen) atoms. The Labute approximate surface area is 171 Å². The Bertz CT molecular complexity index is 844. The lowest BCUT2D eigenvalue weighted by Crippen LogP contribution is -2.48. The van der Waals surface area contributed by atoms with E-state index in [4.69, 9.17) is 0 Å². The van der Waals surface area contributed by atoms with Gasteiger partial charge in [-0.25, -0.2) is 4.98 Å². The SMILES string of the molecule is Cc1nc(CN2CCN(C(=O)c3cccc(Br)c3)CC2)sc1C(=O)N(C)C. The predicted molar refractivity (Wildman–Crippen MR) is 110 cm³/mol. The zero-order valence-corrected chi connectivity index (χ0v) is 18.1. The van der Waals surface area contributed by atoms with Crippen molar-refractivity contribution in [1.82, 2.24) is 19.7 Å². The molecule has 0 unspecified atom stereocenters. The highest BCUT2D eigenvalue weighted by atomic mass is 79.9. The van der Waals surface area contributed by atoms with Crippen LogP contribution >= 0.6 is 27.3 Å². The van der Waals surface area contributed by atoms with Crippen LogP contribution in [0.4, 0.5) is 0 Å². The van der Waals surface area contributed by atoms with Crippen molar-refractivity contribution in [3.05, 3.63) is 49.9 Å². The molecular weight excluding hydrogens is 428 g/mol. The molecule has 0 aliphatic carbocycles. The van der Waals surface area contributed by atoms with Gasteiger partial charge in [-0.3, -0.25) is 14.5 Å². The third kappa shape index (κ3) is 4.75. The van der Waals surface area contributed by atoms with Gasteiger partial charge in [0.2, 0.25) is 0 Å². The van der Waals surface area contributed by atoms with E-state index >= 15 is 0 Å². The number of carbonyl (C=O) groups is 2. The van der Waals surface area contributed by atoms with E-state index in [1.807, 2.05) is 36.1 Å². The van der Waals surface area contributed by atoms with Crippen LogP contribution in [0.2, 0.25) is 0 Å². The van der Waals surface area contributed by atoms with Crippen molar-refractivity contribution in [3.8, 4) is 0 Å². The molecule has 6 nitrogen and oxygen atoms in total. The molecule has 8 heteroatoms. The first-order chi connectivity index (χ1) is 12.8. The number of hydrogen-bond acceptors (Lipinski definition) is 5. The molecule has 3 rings (SSSR count). The molecule has 1 aromatic carbocycles. The number of nitrogens with zero attached hydrogens (tertiary/aromatic N) is 4. The van der Waals surface area contributed by atoms with Gasteiger partial charge >= 0.3 is 0 Å². The topological polar surface area (TPSA) is 56.8 Å². The van der Waals surface area contributed by atoms with Crippen molar-refractivity contribution in [2.45, 2.75) is 13.5 Å². The minimum Gasteiger partial charge on any atom is -0.344 e. The average Bonchev–Trinajstić information content (AvgIpc) is 3.01. The van der Waals surface area contributed by atoms with Gasteiger partial charge in [0.1, 0.15) is 9.88 Å². The molecule has 1 aliphatic rings. The second kappa shape index (κ2) is 8.50. The molecule has 144 valence electrons. The molecule has 0 N–H and O–H groups in total. The second-order valence-corrected chi connectivity index (χ2v) is 8.80. The summed E-state index contributed by atoms with van der Waals surface area (Å²) < 4.78 is 0.911. The van der Waals surface area contributed by atoms with E-state index in [0.29, 0.717) is 30.1 Å². The van der Waals surface area contributed by atoms with Crippen LogP contribution in [0.1, 0.15) is 30.7 Å². The van der Waals surface area contributed by atoms with Crippen molar-refractivity contribution in [1.29, 1.82) is 0 Å². The van der Waals surface area contributed by atoms with Gasteiger partial charge in [-0.2, -0.15) is 0 Å². The van der Waals surface area contributed by atoms with Crippen molar-refractivity contribution in [2.24, 2.45) is 0 Å². The maximum absolute atomic E-state index is 12.6. The largest absolute Gasteiger partial charge is 0.344 e. The van der Waals surface area contributed by atoms with Crippen LogP contribution in [0.25, 0.3) is 0 Å². The van der Waals surface area contributed by atoms with E-state index in [1.54, 1.807) is 19.0 Å². The lowest BCUT2D eigenvalue weighted by atomic mass is 10.2. The quantitative estimate of drug-likeness (QED) is 0.718. The van der Waals surface area contributed by atoms with Gasteiger partial charge in [-0.05, 0) is 25.1 Å². The normalized spacial score (nSPS) is 15.0. The highest BCUT2D eigenvalue weighted by molar-refractivity contribution is 9.10. The summed E-state index contributed by atoms with van der Waals surface area (Å²) >= 11 is 4.88. The lowest BCUT2D eigenvalue weighted by molar-refractivity contribution is 0.0628. The molecule has 1 fully saturated rings.